The van der Waals surface area contributed by atoms with Crippen molar-refractivity contribution in [1.29, 1.82) is 0 Å². The summed E-state index contributed by atoms with van der Waals surface area (Å²) >= 11 is 3.39. The highest BCUT2D eigenvalue weighted by atomic mass is 79.9. The van der Waals surface area contributed by atoms with Crippen molar-refractivity contribution in [2.24, 2.45) is 5.92 Å². The minimum atomic E-state index is -1.03. The fourth-order valence-electron chi connectivity index (χ4n) is 3.94. The number of rotatable bonds is 15. The predicted molar refractivity (Wildman–Crippen MR) is 152 cm³/mol. The molecule has 0 aromatic heterocycles. The van der Waals surface area contributed by atoms with Crippen LogP contribution in [-0.4, -0.2) is 53.1 Å². The first-order chi connectivity index (χ1) is 17.2. The predicted octanol–water partition coefficient (Wildman–Crippen LogP) is 4.43. The second-order valence-corrected chi connectivity index (χ2v) is 13.1. The summed E-state index contributed by atoms with van der Waals surface area (Å²) in [7, 11) is 3.86. The monoisotopic (exact) mass is 599 g/mol. The van der Waals surface area contributed by atoms with E-state index in [0.717, 1.165) is 29.3 Å². The Balaban J connectivity index is 2.01. The number of hydrogen-bond acceptors (Lipinski definition) is 6. The summed E-state index contributed by atoms with van der Waals surface area (Å²) in [5.74, 6) is -0.691. The van der Waals surface area contributed by atoms with Crippen molar-refractivity contribution in [1.82, 2.24) is 16.0 Å². The van der Waals surface area contributed by atoms with E-state index in [1.54, 1.807) is 6.92 Å². The van der Waals surface area contributed by atoms with Crippen LogP contribution in [0.5, 0.6) is 0 Å². The van der Waals surface area contributed by atoms with Gasteiger partial charge in [0.15, 0.2) is 0 Å². The maximum Gasteiger partial charge on any atom is 0.289 e. The van der Waals surface area contributed by atoms with Crippen LogP contribution in [0.25, 0.3) is 0 Å². The lowest BCUT2D eigenvalue weighted by atomic mass is 9.99. The largest absolute Gasteiger partial charge is 0.350 e. The van der Waals surface area contributed by atoms with Crippen LogP contribution in [0.2, 0.25) is 0 Å². The van der Waals surface area contributed by atoms with Gasteiger partial charge >= 0.3 is 0 Å². The third-order valence-electron chi connectivity index (χ3n) is 5.81. The topological polar surface area (TPSA) is 104 Å². The molecule has 1 aromatic rings. The number of Topliss-reactive ketones (excluding diaryl/α,β-unsaturated/α-hetero) is 1. The Bertz CT molecular complexity index is 876. The third-order valence-corrected chi connectivity index (χ3v) is 9.35. The molecule has 1 unspecified atom stereocenters. The lowest BCUT2D eigenvalue weighted by molar-refractivity contribution is -0.140. The molecule has 2 rings (SSSR count). The van der Waals surface area contributed by atoms with Gasteiger partial charge in [0.2, 0.25) is 17.6 Å². The van der Waals surface area contributed by atoms with E-state index in [-0.39, 0.29) is 18.2 Å². The standard InChI is InChI=1S/C26H38BrN3O4S2/c1-4-28-26(34)24(32)21(16-18-9-11-19(27)12-10-18)30-25(33)22(15-17(2)3)29-23(31)8-6-5-7-20-13-14-35-36-20/h9-12,17,20-22H,4-8,13-16H2,1-3H3,(H,28,34)(H,29,31)(H,30,33)/t20?,21-,22-/m0/s1. The number of nitrogens with one attached hydrogen (secondary N) is 3. The average molecular weight is 601 g/mol. The van der Waals surface area contributed by atoms with Crippen LogP contribution >= 0.6 is 37.5 Å². The van der Waals surface area contributed by atoms with Gasteiger partial charge in [0.25, 0.3) is 5.91 Å². The molecule has 10 heteroatoms. The Morgan fingerprint density at radius 3 is 2.39 bits per heavy atom. The smallest absolute Gasteiger partial charge is 0.289 e. The SMILES string of the molecule is CCNC(=O)C(=O)[C@H](Cc1ccc(Br)cc1)NC(=O)[C@H](CC(C)C)NC(=O)CCCCC1CCSS1. The quantitative estimate of drug-likeness (QED) is 0.156. The number of likely N-dealkylation sites (N-methyl/N-ethyl adjacent to an activating group) is 1. The van der Waals surface area contributed by atoms with Crippen LogP contribution in [0, 0.1) is 5.92 Å². The highest BCUT2D eigenvalue weighted by molar-refractivity contribution is 9.10. The summed E-state index contributed by atoms with van der Waals surface area (Å²) in [4.78, 5) is 51.0. The summed E-state index contributed by atoms with van der Waals surface area (Å²) in [5.41, 5.74) is 0.810. The van der Waals surface area contributed by atoms with Crippen molar-refractivity contribution in [3.8, 4) is 0 Å². The Labute approximate surface area is 231 Å². The minimum absolute atomic E-state index is 0.155. The minimum Gasteiger partial charge on any atom is -0.350 e. The summed E-state index contributed by atoms with van der Waals surface area (Å²) < 4.78 is 0.891. The molecule has 7 nitrogen and oxygen atoms in total. The third kappa shape index (κ3) is 11.3. The molecule has 1 heterocycles. The molecular weight excluding hydrogens is 562 g/mol. The van der Waals surface area contributed by atoms with Crippen molar-refractivity contribution < 1.29 is 19.2 Å². The number of hydrogen-bond donors (Lipinski definition) is 3. The Hall–Kier alpha value is -1.52. The van der Waals surface area contributed by atoms with E-state index < -0.39 is 29.7 Å². The van der Waals surface area contributed by atoms with Gasteiger partial charge in [-0.1, -0.05) is 69.9 Å². The lowest BCUT2D eigenvalue weighted by Gasteiger charge is -2.24. The van der Waals surface area contributed by atoms with Gasteiger partial charge < -0.3 is 16.0 Å². The zero-order valence-corrected chi connectivity index (χ0v) is 24.5. The molecular formula is C26H38BrN3O4S2. The van der Waals surface area contributed by atoms with Crippen molar-refractivity contribution in [3.05, 3.63) is 34.3 Å². The molecule has 1 aromatic carbocycles. The molecule has 0 radical (unpaired) electrons. The van der Waals surface area contributed by atoms with E-state index in [0.29, 0.717) is 24.6 Å². The van der Waals surface area contributed by atoms with Crippen LogP contribution in [0.1, 0.15) is 64.9 Å². The van der Waals surface area contributed by atoms with Crippen molar-refractivity contribution in [2.75, 3.05) is 12.3 Å². The fraction of sp³-hybridized carbons (Fsp3) is 0.615. The summed E-state index contributed by atoms with van der Waals surface area (Å²) in [6.07, 6.45) is 5.10. The number of halogens is 1. The lowest BCUT2D eigenvalue weighted by Crippen LogP contribution is -2.54. The molecule has 0 saturated carbocycles. The first-order valence-corrected chi connectivity index (χ1v) is 15.8. The molecule has 3 amide bonds. The molecule has 1 saturated heterocycles. The van der Waals surface area contributed by atoms with Gasteiger partial charge in [0, 0.05) is 34.9 Å². The van der Waals surface area contributed by atoms with Gasteiger partial charge in [-0.05, 0) is 56.2 Å². The van der Waals surface area contributed by atoms with E-state index in [2.05, 4.69) is 31.9 Å². The Kier molecular flexibility index (Phi) is 13.9. The van der Waals surface area contributed by atoms with Crippen molar-refractivity contribution in [2.45, 2.75) is 83.1 Å². The number of ketones is 1. The maximum atomic E-state index is 13.2. The Morgan fingerprint density at radius 2 is 1.78 bits per heavy atom. The zero-order chi connectivity index (χ0) is 26.5. The second-order valence-electron chi connectivity index (χ2n) is 9.44. The van der Waals surface area contributed by atoms with E-state index in [9.17, 15) is 19.2 Å². The average Bonchev–Trinajstić information content (AvgIpc) is 3.35. The van der Waals surface area contributed by atoms with Gasteiger partial charge in [-0.25, -0.2) is 0 Å². The molecule has 0 spiro atoms. The van der Waals surface area contributed by atoms with Gasteiger partial charge in [-0.2, -0.15) is 0 Å². The Morgan fingerprint density at radius 1 is 1.06 bits per heavy atom. The first kappa shape index (κ1) is 30.7. The highest BCUT2D eigenvalue weighted by Crippen LogP contribution is 2.39. The number of carbonyl (C=O) groups is 4. The van der Waals surface area contributed by atoms with Crippen molar-refractivity contribution in [3.63, 3.8) is 0 Å². The van der Waals surface area contributed by atoms with E-state index in [1.165, 1.54) is 12.2 Å². The molecule has 0 bridgehead atoms. The number of benzene rings is 1. The number of carbonyl (C=O) groups excluding carboxylic acids is 4. The van der Waals surface area contributed by atoms with Crippen LogP contribution in [0.3, 0.4) is 0 Å². The van der Waals surface area contributed by atoms with Crippen LogP contribution in [-0.2, 0) is 25.6 Å². The van der Waals surface area contributed by atoms with Gasteiger partial charge in [0.1, 0.15) is 12.1 Å². The molecule has 36 heavy (non-hydrogen) atoms. The van der Waals surface area contributed by atoms with Crippen molar-refractivity contribution >= 4 is 61.0 Å². The zero-order valence-electron chi connectivity index (χ0n) is 21.3. The molecule has 3 atom stereocenters. The van der Waals surface area contributed by atoms with Crippen LogP contribution < -0.4 is 16.0 Å². The number of amides is 3. The molecule has 200 valence electrons. The van der Waals surface area contributed by atoms with Gasteiger partial charge in [-0.3, -0.25) is 19.2 Å². The summed E-state index contributed by atoms with van der Waals surface area (Å²) in [5, 5.41) is 8.82. The van der Waals surface area contributed by atoms with E-state index in [4.69, 9.17) is 0 Å². The molecule has 1 aliphatic rings. The van der Waals surface area contributed by atoms with E-state index >= 15 is 0 Å². The second kappa shape index (κ2) is 16.3. The van der Waals surface area contributed by atoms with Gasteiger partial charge in [0.05, 0.1) is 0 Å². The van der Waals surface area contributed by atoms with E-state index in [1.807, 2.05) is 59.7 Å². The summed E-state index contributed by atoms with van der Waals surface area (Å²) in [6.45, 7) is 5.99. The highest BCUT2D eigenvalue weighted by Gasteiger charge is 2.30. The normalized spacial score (nSPS) is 16.9. The van der Waals surface area contributed by atoms with Gasteiger partial charge in [-0.15, -0.1) is 0 Å². The molecule has 1 fully saturated rings. The van der Waals surface area contributed by atoms with Crippen LogP contribution in [0.15, 0.2) is 28.7 Å². The molecule has 3 N–H and O–H groups in total. The molecule has 1 aliphatic heterocycles. The maximum absolute atomic E-state index is 13.2. The fourth-order valence-corrected chi connectivity index (χ4v) is 7.23. The number of unbranched alkanes of at least 4 members (excludes halogenated alkanes) is 1. The summed E-state index contributed by atoms with van der Waals surface area (Å²) in [6, 6.07) is 5.56. The van der Waals surface area contributed by atoms with Crippen LogP contribution in [0.4, 0.5) is 0 Å². The first-order valence-electron chi connectivity index (χ1n) is 12.6. The molecule has 0 aliphatic carbocycles.